The highest BCUT2D eigenvalue weighted by Gasteiger charge is 1.82. The minimum absolute atomic E-state index is 1.01. The van der Waals surface area contributed by atoms with Crippen LogP contribution >= 0.6 is 15.9 Å². The summed E-state index contributed by atoms with van der Waals surface area (Å²) < 4.78 is 1.01. The average Bonchev–Trinajstić information content (AvgIpc) is 1.86. The summed E-state index contributed by atoms with van der Waals surface area (Å²) in [7, 11) is 1.84. The fourth-order valence-corrected chi connectivity index (χ4v) is 0.811. The molecule has 0 aliphatic rings. The first-order valence-electron chi connectivity index (χ1n) is 2.93. The van der Waals surface area contributed by atoms with Gasteiger partial charge in [0.1, 0.15) is 0 Å². The maximum absolute atomic E-state index is 7.92. The number of allylic oxidation sites excluding steroid dienone is 1. The molecule has 0 saturated heterocycles. The Balaban J connectivity index is 3.96. The van der Waals surface area contributed by atoms with Gasteiger partial charge in [-0.15, -0.1) is 0 Å². The molecule has 0 aliphatic heterocycles. The van der Waals surface area contributed by atoms with Crippen molar-refractivity contribution in [3.05, 3.63) is 33.5 Å². The molecule has 0 bridgehead atoms. The van der Waals surface area contributed by atoms with Crippen LogP contribution in [0.25, 0.3) is 10.4 Å². The van der Waals surface area contributed by atoms with Crippen LogP contribution in [-0.2, 0) is 0 Å². The highest BCUT2D eigenvalue weighted by molar-refractivity contribution is 9.11. The monoisotopic (exact) mass is 216 g/mol. The molecule has 0 N–H and O–H groups in total. The van der Waals surface area contributed by atoms with Crippen LogP contribution in [0.15, 0.2) is 28.2 Å². The van der Waals surface area contributed by atoms with Crippen molar-refractivity contribution in [3.63, 3.8) is 0 Å². The van der Waals surface area contributed by atoms with Crippen LogP contribution < -0.4 is 0 Å². The molecule has 0 heterocycles. The van der Waals surface area contributed by atoms with Gasteiger partial charge in [0.25, 0.3) is 0 Å². The Morgan fingerprint density at radius 2 is 2.36 bits per heavy atom. The van der Waals surface area contributed by atoms with E-state index in [9.17, 15) is 0 Å². The Morgan fingerprint density at radius 3 is 2.82 bits per heavy atom. The highest BCUT2D eigenvalue weighted by atomic mass is 79.9. The predicted octanol–water partition coefficient (Wildman–Crippen LogP) is 2.96. The fraction of sp³-hybridized carbons (Fsp3) is 0.333. The van der Waals surface area contributed by atoms with Crippen LogP contribution in [-0.4, -0.2) is 11.9 Å². The Labute approximate surface area is 73.9 Å². The maximum Gasteiger partial charge on any atom is 0.0172 e. The summed E-state index contributed by atoms with van der Waals surface area (Å²) in [5.74, 6) is 0. The van der Waals surface area contributed by atoms with E-state index in [0.717, 1.165) is 4.48 Å². The van der Waals surface area contributed by atoms with Crippen molar-refractivity contribution in [3.8, 4) is 0 Å². The molecule has 0 aromatic rings. The summed E-state index contributed by atoms with van der Waals surface area (Å²) in [6.45, 7) is 1.91. The van der Waals surface area contributed by atoms with E-state index in [0.29, 0.717) is 0 Å². The van der Waals surface area contributed by atoms with Gasteiger partial charge in [-0.05, 0) is 12.5 Å². The van der Waals surface area contributed by atoms with Gasteiger partial charge in [0.2, 0.25) is 0 Å². The Morgan fingerprint density at radius 1 is 1.73 bits per heavy atom. The number of hydrogen-bond donors (Lipinski definition) is 0. The second kappa shape index (κ2) is 5.82. The number of halogens is 1. The van der Waals surface area contributed by atoms with E-state index in [2.05, 4.69) is 26.0 Å². The Kier molecular flexibility index (Phi) is 5.33. The topological polar surface area (TPSA) is 52.0 Å². The summed E-state index contributed by atoms with van der Waals surface area (Å²) >= 11 is 3.27. The van der Waals surface area contributed by atoms with Gasteiger partial charge in [0.15, 0.2) is 0 Å². The SMILES string of the molecule is C/C(Br)=C\N(C)/C=C\N=[N+]=[N-]. The van der Waals surface area contributed by atoms with E-state index in [4.69, 9.17) is 5.53 Å². The minimum atomic E-state index is 1.01. The fourth-order valence-electron chi connectivity index (χ4n) is 0.488. The summed E-state index contributed by atoms with van der Waals surface area (Å²) in [5, 5.41) is 3.23. The molecular weight excluding hydrogens is 208 g/mol. The zero-order valence-corrected chi connectivity index (χ0v) is 7.98. The summed E-state index contributed by atoms with van der Waals surface area (Å²) in [6, 6.07) is 0. The van der Waals surface area contributed by atoms with Gasteiger partial charge in [-0.25, -0.2) is 0 Å². The van der Waals surface area contributed by atoms with Crippen LogP contribution in [0.3, 0.4) is 0 Å². The van der Waals surface area contributed by atoms with Crippen molar-refractivity contribution in [1.29, 1.82) is 0 Å². The molecule has 0 atom stereocenters. The Bertz CT molecular complexity index is 211. The first-order chi connectivity index (χ1) is 5.16. The van der Waals surface area contributed by atoms with Gasteiger partial charge in [-0.3, -0.25) is 0 Å². The van der Waals surface area contributed by atoms with Crippen molar-refractivity contribution in [2.45, 2.75) is 6.92 Å². The van der Waals surface area contributed by atoms with Crippen LogP contribution in [0, 0.1) is 0 Å². The standard InChI is InChI=1S/C6H9BrN4/c1-6(7)5-11(2)4-3-9-10-8/h3-5H,1-2H3/b4-3-,6-5+. The second-order valence-corrected chi connectivity index (χ2v) is 3.14. The molecule has 0 aromatic carbocycles. The van der Waals surface area contributed by atoms with Gasteiger partial charge in [0, 0.05) is 35.0 Å². The molecule has 0 radical (unpaired) electrons. The molecule has 0 amide bonds. The molecular formula is C6H9BrN4. The lowest BCUT2D eigenvalue weighted by atomic mass is 10.6. The number of nitrogens with zero attached hydrogens (tertiary/aromatic N) is 4. The second-order valence-electron chi connectivity index (χ2n) is 1.88. The van der Waals surface area contributed by atoms with E-state index in [1.54, 1.807) is 11.1 Å². The van der Waals surface area contributed by atoms with E-state index in [-0.39, 0.29) is 0 Å². The third-order valence-corrected chi connectivity index (χ3v) is 1.01. The van der Waals surface area contributed by atoms with Crippen molar-refractivity contribution < 1.29 is 0 Å². The van der Waals surface area contributed by atoms with E-state index in [1.165, 1.54) is 6.20 Å². The van der Waals surface area contributed by atoms with Gasteiger partial charge < -0.3 is 4.90 Å². The molecule has 60 valence electrons. The van der Waals surface area contributed by atoms with E-state index in [1.807, 2.05) is 20.2 Å². The summed E-state index contributed by atoms with van der Waals surface area (Å²) in [5.41, 5.74) is 7.92. The molecule has 0 saturated carbocycles. The van der Waals surface area contributed by atoms with Crippen molar-refractivity contribution in [1.82, 2.24) is 4.90 Å². The van der Waals surface area contributed by atoms with Gasteiger partial charge in [-0.1, -0.05) is 21.0 Å². The average molecular weight is 217 g/mol. The maximum atomic E-state index is 7.92. The largest absolute Gasteiger partial charge is 0.357 e. The van der Waals surface area contributed by atoms with Gasteiger partial charge in [-0.2, -0.15) is 0 Å². The molecule has 0 aliphatic carbocycles. The molecule has 11 heavy (non-hydrogen) atoms. The van der Waals surface area contributed by atoms with Crippen LogP contribution in [0.5, 0.6) is 0 Å². The lowest BCUT2D eigenvalue weighted by molar-refractivity contribution is 0.622. The molecule has 5 heteroatoms. The first-order valence-corrected chi connectivity index (χ1v) is 3.73. The van der Waals surface area contributed by atoms with E-state index < -0.39 is 0 Å². The molecule has 0 rings (SSSR count). The van der Waals surface area contributed by atoms with Crippen molar-refractivity contribution in [2.24, 2.45) is 5.11 Å². The zero-order valence-electron chi connectivity index (χ0n) is 6.40. The lowest BCUT2D eigenvalue weighted by Gasteiger charge is -2.05. The number of azide groups is 1. The van der Waals surface area contributed by atoms with Crippen molar-refractivity contribution in [2.75, 3.05) is 7.05 Å². The quantitative estimate of drug-likeness (QED) is 0.407. The predicted molar refractivity (Wildman–Crippen MR) is 48.7 cm³/mol. The van der Waals surface area contributed by atoms with Gasteiger partial charge >= 0.3 is 0 Å². The molecule has 4 nitrogen and oxygen atoms in total. The smallest absolute Gasteiger partial charge is 0.0172 e. The highest BCUT2D eigenvalue weighted by Crippen LogP contribution is 2.03. The molecule has 0 aromatic heterocycles. The molecule has 0 spiro atoms. The summed E-state index contributed by atoms with van der Waals surface area (Å²) in [6.07, 6.45) is 4.89. The van der Waals surface area contributed by atoms with Crippen molar-refractivity contribution >= 4 is 15.9 Å². The Hall–Kier alpha value is -0.930. The number of rotatable bonds is 3. The van der Waals surface area contributed by atoms with E-state index >= 15 is 0 Å². The van der Waals surface area contributed by atoms with Crippen LogP contribution in [0.4, 0.5) is 0 Å². The zero-order chi connectivity index (χ0) is 8.69. The minimum Gasteiger partial charge on any atom is -0.357 e. The van der Waals surface area contributed by atoms with Crippen LogP contribution in [0.1, 0.15) is 6.92 Å². The third kappa shape index (κ3) is 6.96. The first kappa shape index (κ1) is 10.1. The summed E-state index contributed by atoms with van der Waals surface area (Å²) in [4.78, 5) is 4.34. The lowest BCUT2D eigenvalue weighted by Crippen LogP contribution is -1.99. The molecule has 0 fully saturated rings. The number of hydrogen-bond acceptors (Lipinski definition) is 2. The van der Waals surface area contributed by atoms with Crippen LogP contribution in [0.2, 0.25) is 0 Å². The third-order valence-electron chi connectivity index (χ3n) is 0.802. The normalized spacial score (nSPS) is 11.4. The molecule has 0 unspecified atom stereocenters. The van der Waals surface area contributed by atoms with Gasteiger partial charge in [0.05, 0.1) is 0 Å².